The standard InChI is InChI=1S/C17H25NO5S/c19-10-6-1-2-7-11-24-13-15(16(20)21)18-17(22)23-12-14-8-4-3-5-9-14/h3-5,8-9,15,19H,1-2,6-7,10-13H2,(H,18,22)(H,20,21). The molecule has 0 fully saturated rings. The van der Waals surface area contributed by atoms with E-state index in [1.54, 1.807) is 0 Å². The number of carboxylic acid groups (broad SMARTS) is 1. The van der Waals surface area contributed by atoms with Crippen LogP contribution in [0.25, 0.3) is 0 Å². The summed E-state index contributed by atoms with van der Waals surface area (Å²) in [5.74, 6) is 0.0607. The maximum absolute atomic E-state index is 11.7. The average molecular weight is 355 g/mol. The van der Waals surface area contributed by atoms with Gasteiger partial charge in [0.2, 0.25) is 0 Å². The van der Waals surface area contributed by atoms with Crippen LogP contribution in [0.15, 0.2) is 30.3 Å². The number of alkyl carbamates (subject to hydrolysis) is 1. The molecular formula is C17H25NO5S. The predicted molar refractivity (Wildman–Crippen MR) is 94.1 cm³/mol. The van der Waals surface area contributed by atoms with Gasteiger partial charge >= 0.3 is 12.1 Å². The van der Waals surface area contributed by atoms with Crippen LogP contribution in [-0.4, -0.2) is 46.4 Å². The first-order chi connectivity index (χ1) is 11.6. The van der Waals surface area contributed by atoms with E-state index in [1.165, 1.54) is 11.8 Å². The highest BCUT2D eigenvalue weighted by atomic mass is 32.2. The van der Waals surface area contributed by atoms with Gasteiger partial charge in [0.25, 0.3) is 0 Å². The van der Waals surface area contributed by atoms with Gasteiger partial charge in [-0.15, -0.1) is 0 Å². The molecule has 0 saturated heterocycles. The number of hydrogen-bond donors (Lipinski definition) is 3. The number of nitrogens with one attached hydrogen (secondary N) is 1. The highest BCUT2D eigenvalue weighted by molar-refractivity contribution is 7.99. The zero-order chi connectivity index (χ0) is 17.6. The number of ether oxygens (including phenoxy) is 1. The molecule has 1 aromatic rings. The molecule has 0 saturated carbocycles. The Morgan fingerprint density at radius 2 is 1.83 bits per heavy atom. The van der Waals surface area contributed by atoms with E-state index in [0.717, 1.165) is 37.0 Å². The fraction of sp³-hybridized carbons (Fsp3) is 0.529. The molecule has 1 aromatic carbocycles. The minimum Gasteiger partial charge on any atom is -0.480 e. The minimum absolute atomic E-state index is 0.108. The summed E-state index contributed by atoms with van der Waals surface area (Å²) in [6.45, 7) is 0.320. The second-order valence-corrected chi connectivity index (χ2v) is 6.46. The summed E-state index contributed by atoms with van der Waals surface area (Å²) in [5, 5.41) is 20.2. The SMILES string of the molecule is O=C(NC(CSCCCCCCO)C(=O)O)OCc1ccccc1. The van der Waals surface area contributed by atoms with Crippen LogP contribution >= 0.6 is 11.8 Å². The Balaban J connectivity index is 2.22. The first-order valence-electron chi connectivity index (χ1n) is 8.02. The second-order valence-electron chi connectivity index (χ2n) is 5.31. The number of amides is 1. The zero-order valence-corrected chi connectivity index (χ0v) is 14.5. The Kier molecular flexibility index (Phi) is 10.7. The molecule has 134 valence electrons. The highest BCUT2D eigenvalue weighted by Gasteiger charge is 2.20. The number of rotatable bonds is 12. The molecule has 0 aliphatic rings. The number of aliphatic hydroxyl groups excluding tert-OH is 1. The Bertz CT molecular complexity index is 483. The number of carbonyl (C=O) groups excluding carboxylic acids is 1. The Hall–Kier alpha value is -1.73. The van der Waals surface area contributed by atoms with Gasteiger partial charge in [0.1, 0.15) is 12.6 Å². The zero-order valence-electron chi connectivity index (χ0n) is 13.6. The minimum atomic E-state index is -1.07. The lowest BCUT2D eigenvalue weighted by Gasteiger charge is -2.14. The maximum atomic E-state index is 11.7. The largest absolute Gasteiger partial charge is 0.480 e. The van der Waals surface area contributed by atoms with Crippen molar-refractivity contribution in [3.8, 4) is 0 Å². The van der Waals surface area contributed by atoms with Gasteiger partial charge in [-0.3, -0.25) is 0 Å². The normalized spacial score (nSPS) is 11.7. The van der Waals surface area contributed by atoms with Crippen LogP contribution in [0.5, 0.6) is 0 Å². The molecule has 0 aliphatic carbocycles. The van der Waals surface area contributed by atoms with Crippen molar-refractivity contribution in [1.29, 1.82) is 0 Å². The van der Waals surface area contributed by atoms with E-state index in [4.69, 9.17) is 14.9 Å². The molecule has 0 radical (unpaired) electrons. The van der Waals surface area contributed by atoms with Gasteiger partial charge in [0.15, 0.2) is 0 Å². The van der Waals surface area contributed by atoms with E-state index in [1.807, 2.05) is 30.3 Å². The Morgan fingerprint density at radius 1 is 1.12 bits per heavy atom. The molecule has 3 N–H and O–H groups in total. The van der Waals surface area contributed by atoms with Crippen LogP contribution in [0.4, 0.5) is 4.79 Å². The van der Waals surface area contributed by atoms with E-state index in [2.05, 4.69) is 5.32 Å². The number of hydrogen-bond acceptors (Lipinski definition) is 5. The average Bonchev–Trinajstić information content (AvgIpc) is 2.59. The van der Waals surface area contributed by atoms with Crippen molar-refractivity contribution in [3.63, 3.8) is 0 Å². The number of carbonyl (C=O) groups is 2. The third kappa shape index (κ3) is 9.42. The van der Waals surface area contributed by atoms with Crippen LogP contribution in [0.1, 0.15) is 31.2 Å². The maximum Gasteiger partial charge on any atom is 0.408 e. The number of unbranched alkanes of at least 4 members (excludes halogenated alkanes) is 3. The van der Waals surface area contributed by atoms with Crippen molar-refractivity contribution >= 4 is 23.8 Å². The fourth-order valence-electron chi connectivity index (χ4n) is 1.95. The molecule has 1 unspecified atom stereocenters. The van der Waals surface area contributed by atoms with Crippen molar-refractivity contribution < 1.29 is 24.5 Å². The topological polar surface area (TPSA) is 95.9 Å². The van der Waals surface area contributed by atoms with Crippen LogP contribution in [0.3, 0.4) is 0 Å². The summed E-state index contributed by atoms with van der Waals surface area (Å²) in [6, 6.07) is 8.24. The van der Waals surface area contributed by atoms with Gasteiger partial charge in [0, 0.05) is 12.4 Å². The lowest BCUT2D eigenvalue weighted by Crippen LogP contribution is -2.42. The Morgan fingerprint density at radius 3 is 2.50 bits per heavy atom. The van der Waals surface area contributed by atoms with Gasteiger partial charge in [-0.1, -0.05) is 43.2 Å². The first-order valence-corrected chi connectivity index (χ1v) is 9.17. The van der Waals surface area contributed by atoms with Crippen LogP contribution in [0, 0.1) is 0 Å². The molecule has 0 aromatic heterocycles. The quantitative estimate of drug-likeness (QED) is 0.499. The van der Waals surface area contributed by atoms with Crippen molar-refractivity contribution in [2.75, 3.05) is 18.1 Å². The molecule has 0 aliphatic heterocycles. The lowest BCUT2D eigenvalue weighted by molar-refractivity contribution is -0.138. The van der Waals surface area contributed by atoms with E-state index in [-0.39, 0.29) is 13.2 Å². The third-order valence-electron chi connectivity index (χ3n) is 3.28. The van der Waals surface area contributed by atoms with Crippen molar-refractivity contribution in [1.82, 2.24) is 5.32 Å². The van der Waals surface area contributed by atoms with E-state index in [0.29, 0.717) is 5.75 Å². The van der Waals surface area contributed by atoms with Crippen molar-refractivity contribution in [2.24, 2.45) is 0 Å². The smallest absolute Gasteiger partial charge is 0.408 e. The summed E-state index contributed by atoms with van der Waals surface area (Å²) in [5.41, 5.74) is 0.844. The number of aliphatic hydroxyl groups is 1. The lowest BCUT2D eigenvalue weighted by atomic mass is 10.2. The number of carboxylic acids is 1. The molecule has 1 atom stereocenters. The molecule has 1 rings (SSSR count). The number of benzene rings is 1. The summed E-state index contributed by atoms with van der Waals surface area (Å²) >= 11 is 1.49. The van der Waals surface area contributed by atoms with Crippen molar-refractivity contribution in [3.05, 3.63) is 35.9 Å². The summed E-state index contributed by atoms with van der Waals surface area (Å²) < 4.78 is 5.03. The highest BCUT2D eigenvalue weighted by Crippen LogP contribution is 2.10. The van der Waals surface area contributed by atoms with Crippen LogP contribution in [-0.2, 0) is 16.1 Å². The van der Waals surface area contributed by atoms with Gasteiger partial charge < -0.3 is 20.3 Å². The van der Waals surface area contributed by atoms with Crippen LogP contribution < -0.4 is 5.32 Å². The Labute approximate surface area is 146 Å². The summed E-state index contributed by atoms with van der Waals surface area (Å²) in [6.07, 6.45) is 3.03. The van der Waals surface area contributed by atoms with Gasteiger partial charge in [-0.25, -0.2) is 9.59 Å². The van der Waals surface area contributed by atoms with E-state index < -0.39 is 18.1 Å². The molecule has 1 amide bonds. The summed E-state index contributed by atoms with van der Waals surface area (Å²) in [4.78, 5) is 22.9. The van der Waals surface area contributed by atoms with Gasteiger partial charge in [-0.2, -0.15) is 11.8 Å². The second kappa shape index (κ2) is 12.7. The molecular weight excluding hydrogens is 330 g/mol. The van der Waals surface area contributed by atoms with Gasteiger partial charge in [-0.05, 0) is 24.2 Å². The van der Waals surface area contributed by atoms with Crippen molar-refractivity contribution in [2.45, 2.75) is 38.3 Å². The molecule has 7 heteroatoms. The fourth-order valence-corrected chi connectivity index (χ4v) is 2.99. The predicted octanol–water partition coefficient (Wildman–Crippen LogP) is 2.65. The molecule has 0 heterocycles. The first kappa shape index (κ1) is 20.3. The van der Waals surface area contributed by atoms with Gasteiger partial charge in [0.05, 0.1) is 0 Å². The molecule has 0 spiro atoms. The van der Waals surface area contributed by atoms with E-state index in [9.17, 15) is 9.59 Å². The molecule has 0 bridgehead atoms. The van der Waals surface area contributed by atoms with Crippen LogP contribution in [0.2, 0.25) is 0 Å². The number of thioether (sulfide) groups is 1. The monoisotopic (exact) mass is 355 g/mol. The summed E-state index contributed by atoms with van der Waals surface area (Å²) in [7, 11) is 0. The number of aliphatic carboxylic acids is 1. The third-order valence-corrected chi connectivity index (χ3v) is 4.43. The molecule has 6 nitrogen and oxygen atoms in total. The molecule has 24 heavy (non-hydrogen) atoms. The van der Waals surface area contributed by atoms with E-state index >= 15 is 0 Å².